The molecule has 0 bridgehead atoms. The topological polar surface area (TPSA) is 32.3 Å². The molecule has 0 aliphatic heterocycles. The molecule has 2 rings (SSSR count). The first-order valence-corrected chi connectivity index (χ1v) is 7.80. The molecular formula is C17H19Cl2NO. The average Bonchev–Trinajstić information content (AvgIpc) is 2.49. The number of aliphatic hydroxyl groups excluding tert-OH is 1. The molecule has 1 atom stereocenters. The summed E-state index contributed by atoms with van der Waals surface area (Å²) in [5.41, 5.74) is 2.34. The number of rotatable bonds is 7. The predicted octanol–water partition coefficient (Wildman–Crippen LogP) is 4.08. The van der Waals surface area contributed by atoms with E-state index in [1.54, 1.807) is 6.07 Å². The Balaban J connectivity index is 1.69. The van der Waals surface area contributed by atoms with Crippen molar-refractivity contribution in [3.63, 3.8) is 0 Å². The van der Waals surface area contributed by atoms with E-state index >= 15 is 0 Å². The predicted molar refractivity (Wildman–Crippen MR) is 88.9 cm³/mol. The van der Waals surface area contributed by atoms with Gasteiger partial charge in [0.05, 0.1) is 10.0 Å². The molecule has 0 amide bonds. The van der Waals surface area contributed by atoms with Crippen LogP contribution in [0.2, 0.25) is 10.0 Å². The van der Waals surface area contributed by atoms with E-state index in [1.165, 1.54) is 5.56 Å². The molecule has 21 heavy (non-hydrogen) atoms. The Labute approximate surface area is 135 Å². The molecular weight excluding hydrogens is 305 g/mol. The van der Waals surface area contributed by atoms with Crippen LogP contribution in [0.25, 0.3) is 0 Å². The molecule has 112 valence electrons. The third-order valence-corrected chi connectivity index (χ3v) is 4.07. The van der Waals surface area contributed by atoms with E-state index in [0.29, 0.717) is 16.5 Å². The van der Waals surface area contributed by atoms with E-state index in [0.717, 1.165) is 24.9 Å². The van der Waals surface area contributed by atoms with E-state index < -0.39 is 6.23 Å². The van der Waals surface area contributed by atoms with Crippen LogP contribution in [0.3, 0.4) is 0 Å². The van der Waals surface area contributed by atoms with Gasteiger partial charge in [-0.1, -0.05) is 59.6 Å². The average molecular weight is 324 g/mol. The lowest BCUT2D eigenvalue weighted by atomic mass is 10.1. The molecule has 4 heteroatoms. The SMILES string of the molecule is OC(CCc1ccc(Cl)c(Cl)c1)NCCc1ccccc1. The third kappa shape index (κ3) is 5.68. The lowest BCUT2D eigenvalue weighted by molar-refractivity contribution is 0.129. The Morgan fingerprint density at radius 1 is 0.905 bits per heavy atom. The molecule has 2 aromatic rings. The minimum absolute atomic E-state index is 0.511. The minimum Gasteiger partial charge on any atom is -0.379 e. The van der Waals surface area contributed by atoms with E-state index in [-0.39, 0.29) is 0 Å². The first-order chi connectivity index (χ1) is 10.1. The maximum absolute atomic E-state index is 9.94. The quantitative estimate of drug-likeness (QED) is 0.752. The standard InChI is InChI=1S/C17H19Cl2NO/c18-15-8-6-14(12-16(15)19)7-9-17(21)20-11-10-13-4-2-1-3-5-13/h1-6,8,12,17,20-21H,7,9-11H2. The number of aliphatic hydroxyl groups is 1. The van der Waals surface area contributed by atoms with E-state index in [9.17, 15) is 5.11 Å². The van der Waals surface area contributed by atoms with Crippen molar-refractivity contribution < 1.29 is 5.11 Å². The van der Waals surface area contributed by atoms with Gasteiger partial charge in [-0.05, 0) is 42.5 Å². The van der Waals surface area contributed by atoms with Crippen LogP contribution in [-0.2, 0) is 12.8 Å². The van der Waals surface area contributed by atoms with Gasteiger partial charge in [-0.3, -0.25) is 5.32 Å². The van der Waals surface area contributed by atoms with Crippen molar-refractivity contribution in [3.8, 4) is 0 Å². The van der Waals surface area contributed by atoms with Crippen molar-refractivity contribution in [2.75, 3.05) is 6.54 Å². The summed E-state index contributed by atoms with van der Waals surface area (Å²) in [6.07, 6.45) is 1.80. The van der Waals surface area contributed by atoms with Crippen LogP contribution in [0, 0.1) is 0 Å². The number of nitrogens with one attached hydrogen (secondary N) is 1. The van der Waals surface area contributed by atoms with Crippen LogP contribution in [0.4, 0.5) is 0 Å². The first kappa shape index (κ1) is 16.3. The molecule has 2 nitrogen and oxygen atoms in total. The van der Waals surface area contributed by atoms with Crippen molar-refractivity contribution in [2.45, 2.75) is 25.5 Å². The van der Waals surface area contributed by atoms with Gasteiger partial charge in [0.25, 0.3) is 0 Å². The molecule has 0 radical (unpaired) electrons. The Morgan fingerprint density at radius 2 is 1.67 bits per heavy atom. The normalized spacial score (nSPS) is 12.3. The van der Waals surface area contributed by atoms with Gasteiger partial charge in [-0.2, -0.15) is 0 Å². The molecule has 0 saturated heterocycles. The zero-order valence-electron chi connectivity index (χ0n) is 11.7. The molecule has 1 unspecified atom stereocenters. The van der Waals surface area contributed by atoms with Gasteiger partial charge >= 0.3 is 0 Å². The lowest BCUT2D eigenvalue weighted by Crippen LogP contribution is -2.30. The third-order valence-electron chi connectivity index (χ3n) is 3.33. The summed E-state index contributed by atoms with van der Waals surface area (Å²) in [5.74, 6) is 0. The number of hydrogen-bond donors (Lipinski definition) is 2. The van der Waals surface area contributed by atoms with Gasteiger partial charge < -0.3 is 5.11 Å². The largest absolute Gasteiger partial charge is 0.379 e. The summed E-state index contributed by atoms with van der Waals surface area (Å²) < 4.78 is 0. The van der Waals surface area contributed by atoms with Gasteiger partial charge in [-0.15, -0.1) is 0 Å². The van der Waals surface area contributed by atoms with Gasteiger partial charge in [0.15, 0.2) is 0 Å². The summed E-state index contributed by atoms with van der Waals surface area (Å²) in [5, 5.41) is 14.2. The number of hydrogen-bond acceptors (Lipinski definition) is 2. The van der Waals surface area contributed by atoms with Crippen LogP contribution in [0.15, 0.2) is 48.5 Å². The van der Waals surface area contributed by atoms with Crippen LogP contribution in [0.1, 0.15) is 17.5 Å². The molecule has 2 N–H and O–H groups in total. The maximum atomic E-state index is 9.94. The fraction of sp³-hybridized carbons (Fsp3) is 0.294. The zero-order valence-corrected chi connectivity index (χ0v) is 13.2. The number of halogens is 2. The van der Waals surface area contributed by atoms with Crippen molar-refractivity contribution in [2.24, 2.45) is 0 Å². The highest BCUT2D eigenvalue weighted by Crippen LogP contribution is 2.23. The van der Waals surface area contributed by atoms with Gasteiger partial charge in [0, 0.05) is 6.54 Å². The first-order valence-electron chi connectivity index (χ1n) is 7.04. The highest BCUT2D eigenvalue weighted by Gasteiger charge is 2.05. The fourth-order valence-corrected chi connectivity index (χ4v) is 2.45. The molecule has 0 fully saturated rings. The summed E-state index contributed by atoms with van der Waals surface area (Å²) in [4.78, 5) is 0. The molecule has 2 aromatic carbocycles. The Hall–Kier alpha value is -1.06. The Morgan fingerprint density at radius 3 is 2.38 bits per heavy atom. The van der Waals surface area contributed by atoms with Crippen molar-refractivity contribution >= 4 is 23.2 Å². The van der Waals surface area contributed by atoms with Crippen LogP contribution < -0.4 is 5.32 Å². The molecule has 0 spiro atoms. The fourth-order valence-electron chi connectivity index (χ4n) is 2.13. The Bertz CT molecular complexity index is 560. The molecule has 0 saturated carbocycles. The lowest BCUT2D eigenvalue weighted by Gasteiger charge is -2.13. The van der Waals surface area contributed by atoms with Gasteiger partial charge in [0.1, 0.15) is 6.23 Å². The number of benzene rings is 2. The monoisotopic (exact) mass is 323 g/mol. The van der Waals surface area contributed by atoms with Crippen LogP contribution in [0.5, 0.6) is 0 Å². The summed E-state index contributed by atoms with van der Waals surface area (Å²) >= 11 is 11.8. The number of aryl methyl sites for hydroxylation is 1. The molecule has 0 heterocycles. The smallest absolute Gasteiger partial charge is 0.105 e. The summed E-state index contributed by atoms with van der Waals surface area (Å²) in [6.45, 7) is 0.757. The second-order valence-electron chi connectivity index (χ2n) is 4.99. The molecule has 0 aliphatic carbocycles. The van der Waals surface area contributed by atoms with E-state index in [4.69, 9.17) is 23.2 Å². The van der Waals surface area contributed by atoms with Gasteiger partial charge in [0.2, 0.25) is 0 Å². The highest BCUT2D eigenvalue weighted by molar-refractivity contribution is 6.42. The molecule has 0 aromatic heterocycles. The zero-order chi connectivity index (χ0) is 15.1. The van der Waals surface area contributed by atoms with Gasteiger partial charge in [-0.25, -0.2) is 0 Å². The Kier molecular flexibility index (Phi) is 6.52. The maximum Gasteiger partial charge on any atom is 0.105 e. The minimum atomic E-state index is -0.511. The van der Waals surface area contributed by atoms with E-state index in [1.807, 2.05) is 30.3 Å². The van der Waals surface area contributed by atoms with E-state index in [2.05, 4.69) is 17.4 Å². The summed E-state index contributed by atoms with van der Waals surface area (Å²) in [7, 11) is 0. The second-order valence-corrected chi connectivity index (χ2v) is 5.81. The van der Waals surface area contributed by atoms with Crippen molar-refractivity contribution in [1.29, 1.82) is 0 Å². The van der Waals surface area contributed by atoms with Crippen LogP contribution >= 0.6 is 23.2 Å². The van der Waals surface area contributed by atoms with Crippen molar-refractivity contribution in [3.05, 3.63) is 69.7 Å². The van der Waals surface area contributed by atoms with Crippen LogP contribution in [-0.4, -0.2) is 17.9 Å². The second kappa shape index (κ2) is 8.40. The molecule has 0 aliphatic rings. The summed E-state index contributed by atoms with van der Waals surface area (Å²) in [6, 6.07) is 15.8. The highest BCUT2D eigenvalue weighted by atomic mass is 35.5. The van der Waals surface area contributed by atoms with Crippen molar-refractivity contribution in [1.82, 2.24) is 5.32 Å².